The van der Waals surface area contributed by atoms with Crippen LogP contribution in [0.2, 0.25) is 0 Å². The van der Waals surface area contributed by atoms with Crippen molar-refractivity contribution >= 4 is 11.9 Å². The Hall–Kier alpha value is -2.35. The number of benzene rings is 1. The van der Waals surface area contributed by atoms with Gasteiger partial charge in [-0.1, -0.05) is 25.1 Å². The zero-order valence-electron chi connectivity index (χ0n) is 10.7. The molecule has 0 aromatic heterocycles. The van der Waals surface area contributed by atoms with E-state index in [2.05, 4.69) is 5.32 Å². The molecule has 5 nitrogen and oxygen atoms in total. The molecule has 0 saturated heterocycles. The fraction of sp³-hybridized carbons (Fsp3) is 0.357. The predicted molar refractivity (Wildman–Crippen MR) is 69.6 cm³/mol. The van der Waals surface area contributed by atoms with E-state index >= 15 is 0 Å². The molecule has 1 rings (SSSR count). The summed E-state index contributed by atoms with van der Waals surface area (Å²) in [4.78, 5) is 22.8. The quantitative estimate of drug-likeness (QED) is 0.815. The lowest BCUT2D eigenvalue weighted by molar-refractivity contribution is -0.121. The van der Waals surface area contributed by atoms with E-state index in [-0.39, 0.29) is 30.4 Å². The summed E-state index contributed by atoms with van der Waals surface area (Å²) in [5, 5.41) is 20.4. The van der Waals surface area contributed by atoms with E-state index in [0.717, 1.165) is 0 Å². The van der Waals surface area contributed by atoms with Gasteiger partial charge in [-0.15, -0.1) is 0 Å². The zero-order chi connectivity index (χ0) is 14.3. The van der Waals surface area contributed by atoms with Crippen molar-refractivity contribution in [2.24, 2.45) is 0 Å². The molecule has 1 unspecified atom stereocenters. The Kier molecular flexibility index (Phi) is 5.55. The van der Waals surface area contributed by atoms with Crippen LogP contribution in [0, 0.1) is 11.3 Å². The van der Waals surface area contributed by atoms with Gasteiger partial charge in [0.2, 0.25) is 5.91 Å². The van der Waals surface area contributed by atoms with Crippen LogP contribution in [0.15, 0.2) is 24.3 Å². The zero-order valence-corrected chi connectivity index (χ0v) is 10.7. The second kappa shape index (κ2) is 7.17. The average molecular weight is 260 g/mol. The molecule has 100 valence electrons. The number of aromatic carboxylic acids is 1. The van der Waals surface area contributed by atoms with Crippen LogP contribution in [0.5, 0.6) is 0 Å². The molecule has 0 radical (unpaired) electrons. The standard InChI is InChI=1S/C14H16N2O3/c1-2-11(7-8-15)16-13(17)9-10-5-3-4-6-12(10)14(18)19/h3-6,11H,2,7,9H2,1H3,(H,16,17)(H,18,19). The highest BCUT2D eigenvalue weighted by Gasteiger charge is 2.14. The summed E-state index contributed by atoms with van der Waals surface area (Å²) in [7, 11) is 0. The number of carboxylic acid groups (broad SMARTS) is 1. The van der Waals surface area contributed by atoms with Gasteiger partial charge in [-0.3, -0.25) is 4.79 Å². The first kappa shape index (κ1) is 14.7. The van der Waals surface area contributed by atoms with Gasteiger partial charge in [0, 0.05) is 6.04 Å². The molecule has 1 amide bonds. The molecule has 0 heterocycles. The highest BCUT2D eigenvalue weighted by Crippen LogP contribution is 2.10. The Labute approximate surface area is 111 Å². The second-order valence-corrected chi connectivity index (χ2v) is 4.17. The third-order valence-electron chi connectivity index (χ3n) is 2.79. The highest BCUT2D eigenvalue weighted by molar-refractivity contribution is 5.91. The Balaban J connectivity index is 2.72. The Bertz CT molecular complexity index is 506. The van der Waals surface area contributed by atoms with Gasteiger partial charge < -0.3 is 10.4 Å². The van der Waals surface area contributed by atoms with Crippen molar-refractivity contribution in [3.8, 4) is 6.07 Å². The van der Waals surface area contributed by atoms with Crippen LogP contribution in [0.1, 0.15) is 35.7 Å². The fourth-order valence-electron chi connectivity index (χ4n) is 1.74. The Morgan fingerprint density at radius 3 is 2.68 bits per heavy atom. The highest BCUT2D eigenvalue weighted by atomic mass is 16.4. The molecule has 1 aromatic rings. The molecular weight excluding hydrogens is 244 g/mol. The van der Waals surface area contributed by atoms with Crippen LogP contribution in [0.25, 0.3) is 0 Å². The minimum absolute atomic E-state index is 0.00437. The third kappa shape index (κ3) is 4.43. The van der Waals surface area contributed by atoms with Crippen molar-refractivity contribution in [3.05, 3.63) is 35.4 Å². The van der Waals surface area contributed by atoms with E-state index in [1.165, 1.54) is 6.07 Å². The van der Waals surface area contributed by atoms with Crippen LogP contribution in [-0.4, -0.2) is 23.0 Å². The Morgan fingerprint density at radius 2 is 2.11 bits per heavy atom. The van der Waals surface area contributed by atoms with Gasteiger partial charge in [0.25, 0.3) is 0 Å². The first-order valence-corrected chi connectivity index (χ1v) is 6.06. The number of carbonyl (C=O) groups excluding carboxylic acids is 1. The number of nitrogens with zero attached hydrogens (tertiary/aromatic N) is 1. The molecule has 0 aliphatic rings. The van der Waals surface area contributed by atoms with Gasteiger partial charge >= 0.3 is 5.97 Å². The van der Waals surface area contributed by atoms with Gasteiger partial charge in [-0.05, 0) is 18.1 Å². The van der Waals surface area contributed by atoms with Crippen molar-refractivity contribution in [1.29, 1.82) is 5.26 Å². The van der Waals surface area contributed by atoms with Gasteiger partial charge in [0.1, 0.15) is 0 Å². The van der Waals surface area contributed by atoms with E-state index in [1.54, 1.807) is 18.2 Å². The maximum Gasteiger partial charge on any atom is 0.335 e. The van der Waals surface area contributed by atoms with E-state index in [4.69, 9.17) is 10.4 Å². The smallest absolute Gasteiger partial charge is 0.335 e. The number of carboxylic acids is 1. The molecule has 0 aliphatic carbocycles. The van der Waals surface area contributed by atoms with Crippen molar-refractivity contribution in [2.45, 2.75) is 32.2 Å². The predicted octanol–water partition coefficient (Wildman–Crippen LogP) is 1.74. The molecule has 0 fully saturated rings. The SMILES string of the molecule is CCC(CC#N)NC(=O)Cc1ccccc1C(=O)O. The number of hydrogen-bond acceptors (Lipinski definition) is 3. The van der Waals surface area contributed by atoms with Crippen molar-refractivity contribution in [2.75, 3.05) is 0 Å². The van der Waals surface area contributed by atoms with Crippen molar-refractivity contribution in [1.82, 2.24) is 5.32 Å². The number of nitrogens with one attached hydrogen (secondary N) is 1. The van der Waals surface area contributed by atoms with E-state index < -0.39 is 5.97 Å². The van der Waals surface area contributed by atoms with Crippen LogP contribution in [0.4, 0.5) is 0 Å². The molecule has 1 aromatic carbocycles. The molecular formula is C14H16N2O3. The summed E-state index contributed by atoms with van der Waals surface area (Å²) in [5.74, 6) is -1.32. The van der Waals surface area contributed by atoms with Crippen LogP contribution < -0.4 is 5.32 Å². The summed E-state index contributed by atoms with van der Waals surface area (Å²) in [6.07, 6.45) is 0.924. The lowest BCUT2D eigenvalue weighted by Gasteiger charge is -2.14. The number of amides is 1. The normalized spacial score (nSPS) is 11.4. The van der Waals surface area contributed by atoms with Gasteiger partial charge in [-0.25, -0.2) is 4.79 Å². The van der Waals surface area contributed by atoms with Crippen LogP contribution >= 0.6 is 0 Å². The molecule has 0 bridgehead atoms. The molecule has 19 heavy (non-hydrogen) atoms. The maximum atomic E-state index is 11.8. The fourth-order valence-corrected chi connectivity index (χ4v) is 1.74. The Morgan fingerprint density at radius 1 is 1.42 bits per heavy atom. The summed E-state index contributed by atoms with van der Waals surface area (Å²) >= 11 is 0. The largest absolute Gasteiger partial charge is 0.478 e. The summed E-state index contributed by atoms with van der Waals surface area (Å²) in [5.41, 5.74) is 0.602. The van der Waals surface area contributed by atoms with Gasteiger partial charge in [0.05, 0.1) is 24.5 Å². The van der Waals surface area contributed by atoms with E-state index in [1.807, 2.05) is 13.0 Å². The van der Waals surface area contributed by atoms with Crippen molar-refractivity contribution in [3.63, 3.8) is 0 Å². The third-order valence-corrected chi connectivity index (χ3v) is 2.79. The van der Waals surface area contributed by atoms with E-state index in [0.29, 0.717) is 12.0 Å². The molecule has 0 aliphatic heterocycles. The van der Waals surface area contributed by atoms with Crippen LogP contribution in [0.3, 0.4) is 0 Å². The topological polar surface area (TPSA) is 90.2 Å². The lowest BCUT2D eigenvalue weighted by Crippen LogP contribution is -2.35. The first-order chi connectivity index (χ1) is 9.08. The van der Waals surface area contributed by atoms with E-state index in [9.17, 15) is 9.59 Å². The molecule has 5 heteroatoms. The number of hydrogen-bond donors (Lipinski definition) is 2. The minimum atomic E-state index is -1.05. The molecule has 2 N–H and O–H groups in total. The summed E-state index contributed by atoms with van der Waals surface area (Å²) < 4.78 is 0. The summed E-state index contributed by atoms with van der Waals surface area (Å²) in [6.45, 7) is 1.88. The van der Waals surface area contributed by atoms with Crippen molar-refractivity contribution < 1.29 is 14.7 Å². The monoisotopic (exact) mass is 260 g/mol. The first-order valence-electron chi connectivity index (χ1n) is 6.06. The van der Waals surface area contributed by atoms with Crippen LogP contribution in [-0.2, 0) is 11.2 Å². The van der Waals surface area contributed by atoms with Gasteiger partial charge in [0.15, 0.2) is 0 Å². The van der Waals surface area contributed by atoms with Gasteiger partial charge in [-0.2, -0.15) is 5.26 Å². The average Bonchev–Trinajstić information content (AvgIpc) is 2.38. The molecule has 0 saturated carbocycles. The maximum absolute atomic E-state index is 11.8. The lowest BCUT2D eigenvalue weighted by atomic mass is 10.0. The number of rotatable bonds is 6. The second-order valence-electron chi connectivity index (χ2n) is 4.17. The molecule has 1 atom stereocenters. The minimum Gasteiger partial charge on any atom is -0.478 e. The molecule has 0 spiro atoms. The number of carbonyl (C=O) groups is 2. The summed E-state index contributed by atoms with van der Waals surface area (Å²) in [6, 6.07) is 8.23. The number of nitriles is 1.